The Morgan fingerprint density at radius 2 is 1.78 bits per heavy atom. The van der Waals surface area contributed by atoms with Crippen molar-refractivity contribution in [1.82, 2.24) is 29.8 Å². The van der Waals surface area contributed by atoms with Gasteiger partial charge in [-0.3, -0.25) is 4.98 Å². The van der Waals surface area contributed by atoms with Crippen LogP contribution in [0.5, 0.6) is 0 Å². The minimum absolute atomic E-state index is 0.657. The quantitative estimate of drug-likeness (QED) is 0.336. The minimum atomic E-state index is -5.08. The van der Waals surface area contributed by atoms with Gasteiger partial charge in [0, 0.05) is 40.2 Å². The molecule has 37 heavy (non-hydrogen) atoms. The number of carboxylic acid groups (broad SMARTS) is 1. The van der Waals surface area contributed by atoms with Crippen molar-refractivity contribution in [2.75, 3.05) is 0 Å². The lowest BCUT2D eigenvalue weighted by atomic mass is 10.1. The molecule has 4 aromatic heterocycles. The van der Waals surface area contributed by atoms with Crippen LogP contribution in [0.15, 0.2) is 72.9 Å². The number of fused-ring (bicyclic) bond motifs is 3. The fraction of sp³-hybridized carbons (Fsp3) is 0.115. The van der Waals surface area contributed by atoms with Gasteiger partial charge in [0.25, 0.3) is 0 Å². The molecule has 2 aromatic carbocycles. The molecule has 0 spiro atoms. The molecule has 6 rings (SSSR count). The number of halogens is 3. The summed E-state index contributed by atoms with van der Waals surface area (Å²) in [4.78, 5) is 17.0. The standard InChI is InChI=1S/C24H18N6.C2HF3O2/c1-15-6-9-23-27-28-24(30(23)29-15)11-16-7-8-20-18(10-16)12-19(14-25-20)22-13-17-4-2-3-5-21(17)26-22;3-2(4,5)1(6)7/h2-10,12-14,26H,11H2,1H3;(H,6,7). The van der Waals surface area contributed by atoms with Gasteiger partial charge >= 0.3 is 12.1 Å². The Labute approximate surface area is 207 Å². The Bertz CT molecular complexity index is 1720. The summed E-state index contributed by atoms with van der Waals surface area (Å²) in [7, 11) is 0. The second-order valence-corrected chi connectivity index (χ2v) is 8.36. The summed E-state index contributed by atoms with van der Waals surface area (Å²) in [5.74, 6) is -1.93. The zero-order valence-electron chi connectivity index (χ0n) is 19.4. The molecule has 8 nitrogen and oxygen atoms in total. The zero-order valence-corrected chi connectivity index (χ0v) is 19.4. The van der Waals surface area contributed by atoms with E-state index in [0.717, 1.165) is 50.4 Å². The van der Waals surface area contributed by atoms with Gasteiger partial charge in [-0.05, 0) is 55.0 Å². The number of benzene rings is 2. The molecule has 0 amide bonds. The summed E-state index contributed by atoms with van der Waals surface area (Å²) >= 11 is 0. The topological polar surface area (TPSA) is 109 Å². The van der Waals surface area contributed by atoms with Gasteiger partial charge in [-0.15, -0.1) is 10.2 Å². The number of hydrogen-bond donors (Lipinski definition) is 2. The molecule has 0 aliphatic heterocycles. The van der Waals surface area contributed by atoms with Crippen LogP contribution < -0.4 is 0 Å². The van der Waals surface area contributed by atoms with Crippen molar-refractivity contribution >= 4 is 33.4 Å². The first-order valence-electron chi connectivity index (χ1n) is 11.1. The van der Waals surface area contributed by atoms with Crippen molar-refractivity contribution in [2.45, 2.75) is 19.5 Å². The van der Waals surface area contributed by atoms with E-state index in [0.29, 0.717) is 6.42 Å². The van der Waals surface area contributed by atoms with E-state index < -0.39 is 12.1 Å². The van der Waals surface area contributed by atoms with E-state index in [9.17, 15) is 13.2 Å². The number of rotatable bonds is 3. The van der Waals surface area contributed by atoms with Gasteiger partial charge in [-0.1, -0.05) is 24.3 Å². The lowest BCUT2D eigenvalue weighted by Crippen LogP contribution is -2.21. The highest BCUT2D eigenvalue weighted by Gasteiger charge is 2.38. The van der Waals surface area contributed by atoms with Crippen molar-refractivity contribution < 1.29 is 23.1 Å². The summed E-state index contributed by atoms with van der Waals surface area (Å²) in [6, 6.07) is 22.8. The van der Waals surface area contributed by atoms with E-state index in [1.54, 1.807) is 0 Å². The summed E-state index contributed by atoms with van der Waals surface area (Å²) in [5, 5.41) is 22.5. The van der Waals surface area contributed by atoms with Crippen LogP contribution in [0.25, 0.3) is 38.7 Å². The number of H-pyrrole nitrogens is 1. The van der Waals surface area contributed by atoms with Crippen LogP contribution in [0, 0.1) is 6.92 Å². The van der Waals surface area contributed by atoms with E-state index in [-0.39, 0.29) is 0 Å². The fourth-order valence-electron chi connectivity index (χ4n) is 3.88. The number of aromatic nitrogens is 6. The number of aryl methyl sites for hydroxylation is 1. The number of pyridine rings is 1. The smallest absolute Gasteiger partial charge is 0.475 e. The molecule has 11 heteroatoms. The minimum Gasteiger partial charge on any atom is -0.475 e. The van der Waals surface area contributed by atoms with Gasteiger partial charge in [0.15, 0.2) is 11.5 Å². The van der Waals surface area contributed by atoms with E-state index in [1.807, 2.05) is 35.8 Å². The predicted molar refractivity (Wildman–Crippen MR) is 131 cm³/mol. The highest BCUT2D eigenvalue weighted by molar-refractivity contribution is 5.89. The van der Waals surface area contributed by atoms with Crippen LogP contribution in [0.2, 0.25) is 0 Å². The molecule has 0 unspecified atom stereocenters. The van der Waals surface area contributed by atoms with Crippen molar-refractivity contribution in [3.8, 4) is 11.3 Å². The van der Waals surface area contributed by atoms with E-state index in [4.69, 9.17) is 9.90 Å². The van der Waals surface area contributed by atoms with E-state index >= 15 is 0 Å². The third-order valence-corrected chi connectivity index (χ3v) is 5.65. The Hall–Kier alpha value is -4.80. The number of para-hydroxylation sites is 1. The Balaban J connectivity index is 0.000000355. The number of nitrogens with one attached hydrogen (secondary N) is 1. The largest absolute Gasteiger partial charge is 0.490 e. The molecule has 0 saturated heterocycles. The lowest BCUT2D eigenvalue weighted by Gasteiger charge is -2.05. The second kappa shape index (κ2) is 9.34. The predicted octanol–water partition coefficient (Wildman–Crippen LogP) is 5.35. The monoisotopic (exact) mass is 504 g/mol. The van der Waals surface area contributed by atoms with Crippen LogP contribution in [0.3, 0.4) is 0 Å². The summed E-state index contributed by atoms with van der Waals surface area (Å²) < 4.78 is 33.6. The highest BCUT2D eigenvalue weighted by Crippen LogP contribution is 2.26. The molecule has 0 aliphatic carbocycles. The molecular formula is C26H19F3N6O2. The van der Waals surface area contributed by atoms with Gasteiger partial charge in [0.05, 0.1) is 11.2 Å². The maximum atomic E-state index is 10.6. The average molecular weight is 504 g/mol. The maximum absolute atomic E-state index is 10.6. The van der Waals surface area contributed by atoms with Crippen molar-refractivity contribution in [1.29, 1.82) is 0 Å². The Morgan fingerprint density at radius 3 is 2.54 bits per heavy atom. The number of nitrogens with zero attached hydrogens (tertiary/aromatic N) is 5. The number of aliphatic carboxylic acids is 1. The van der Waals surface area contributed by atoms with Gasteiger partial charge in [-0.25, -0.2) is 4.79 Å². The van der Waals surface area contributed by atoms with Crippen molar-refractivity contribution in [3.63, 3.8) is 0 Å². The Kier molecular flexibility index (Phi) is 6.04. The first kappa shape index (κ1) is 23.9. The number of carboxylic acids is 1. The van der Waals surface area contributed by atoms with Gasteiger partial charge < -0.3 is 10.1 Å². The van der Waals surface area contributed by atoms with Gasteiger partial charge in [0.1, 0.15) is 0 Å². The van der Waals surface area contributed by atoms with E-state index in [1.165, 1.54) is 5.39 Å². The second-order valence-electron chi connectivity index (χ2n) is 8.36. The fourth-order valence-corrected chi connectivity index (χ4v) is 3.88. The summed E-state index contributed by atoms with van der Waals surface area (Å²) in [6.45, 7) is 1.97. The van der Waals surface area contributed by atoms with Gasteiger partial charge in [0.2, 0.25) is 0 Å². The van der Waals surface area contributed by atoms with Crippen LogP contribution >= 0.6 is 0 Å². The van der Waals surface area contributed by atoms with Gasteiger partial charge in [-0.2, -0.15) is 22.8 Å². The molecule has 0 aliphatic rings. The number of hydrogen-bond acceptors (Lipinski definition) is 5. The van der Waals surface area contributed by atoms with Crippen molar-refractivity contribution in [3.05, 3.63) is 90.0 Å². The summed E-state index contributed by atoms with van der Waals surface area (Å²) in [5.41, 5.74) is 7.09. The van der Waals surface area contributed by atoms with Crippen LogP contribution in [-0.4, -0.2) is 47.0 Å². The summed E-state index contributed by atoms with van der Waals surface area (Å²) in [6.07, 6.45) is -2.50. The average Bonchev–Trinajstić information content (AvgIpc) is 3.47. The molecule has 0 fully saturated rings. The Morgan fingerprint density at radius 1 is 1.00 bits per heavy atom. The molecule has 2 N–H and O–H groups in total. The molecule has 6 aromatic rings. The zero-order chi connectivity index (χ0) is 26.2. The first-order chi connectivity index (χ1) is 17.7. The maximum Gasteiger partial charge on any atom is 0.490 e. The third kappa shape index (κ3) is 5.10. The number of alkyl halides is 3. The number of aromatic amines is 1. The van der Waals surface area contributed by atoms with Crippen LogP contribution in [0.4, 0.5) is 13.2 Å². The highest BCUT2D eigenvalue weighted by atomic mass is 19.4. The first-order valence-corrected chi connectivity index (χ1v) is 11.1. The third-order valence-electron chi connectivity index (χ3n) is 5.65. The SMILES string of the molecule is Cc1ccc2nnc(Cc3ccc4ncc(-c5cc6ccccc6[nH]5)cc4c3)n2n1.O=C(O)C(F)(F)F. The van der Waals surface area contributed by atoms with Crippen molar-refractivity contribution in [2.24, 2.45) is 0 Å². The molecule has 0 atom stereocenters. The molecule has 4 heterocycles. The van der Waals surface area contributed by atoms with Crippen LogP contribution in [0.1, 0.15) is 17.1 Å². The molecule has 0 radical (unpaired) electrons. The molecule has 0 bridgehead atoms. The van der Waals surface area contributed by atoms with Crippen LogP contribution in [-0.2, 0) is 11.2 Å². The lowest BCUT2D eigenvalue weighted by molar-refractivity contribution is -0.192. The number of carbonyl (C=O) groups is 1. The van der Waals surface area contributed by atoms with E-state index in [2.05, 4.69) is 73.8 Å². The molecular weight excluding hydrogens is 485 g/mol. The molecule has 186 valence electrons. The molecule has 0 saturated carbocycles. The normalized spacial score (nSPS) is 11.6.